The fourth-order valence-electron chi connectivity index (χ4n) is 2.99. The zero-order valence-corrected chi connectivity index (χ0v) is 18.1. The molecular weight excluding hydrogens is 444 g/mol. The molecule has 3 aromatic carbocycles. The highest BCUT2D eigenvalue weighted by atomic mass is 79.9. The van der Waals surface area contributed by atoms with E-state index in [1.807, 2.05) is 67.6 Å². The van der Waals surface area contributed by atoms with Crippen molar-refractivity contribution in [1.29, 1.82) is 0 Å². The number of nitrogens with zero attached hydrogens (tertiary/aromatic N) is 3. The number of para-hydroxylation sites is 2. The third-order valence-electron chi connectivity index (χ3n) is 4.55. The lowest BCUT2D eigenvalue weighted by Gasteiger charge is -2.08. The van der Waals surface area contributed by atoms with Crippen LogP contribution < -0.4 is 10.1 Å². The summed E-state index contributed by atoms with van der Waals surface area (Å²) in [6.45, 7) is 2.02. The molecule has 0 unspecified atom stereocenters. The Hall–Kier alpha value is -3.45. The Labute approximate surface area is 182 Å². The van der Waals surface area contributed by atoms with Crippen LogP contribution in [0.3, 0.4) is 0 Å². The van der Waals surface area contributed by atoms with Crippen LogP contribution in [0.1, 0.15) is 16.2 Å². The SMILES string of the molecule is COc1ccccc1NC(=O)c1nc(-c2ccc(Br)cc2)n(-c2ccc(C)cc2)n1. The number of hydrogen-bond donors (Lipinski definition) is 1. The van der Waals surface area contributed by atoms with Crippen molar-refractivity contribution in [3.8, 4) is 22.8 Å². The number of rotatable bonds is 5. The Morgan fingerprint density at radius 3 is 2.40 bits per heavy atom. The molecule has 1 N–H and O–H groups in total. The minimum absolute atomic E-state index is 0.0689. The largest absolute Gasteiger partial charge is 0.495 e. The molecule has 0 aliphatic carbocycles. The predicted octanol–water partition coefficient (Wildman–Crippen LogP) is 5.27. The summed E-state index contributed by atoms with van der Waals surface area (Å²) in [6.07, 6.45) is 0. The third kappa shape index (κ3) is 4.11. The number of ether oxygens (including phenoxy) is 1. The van der Waals surface area contributed by atoms with E-state index in [-0.39, 0.29) is 5.82 Å². The van der Waals surface area contributed by atoms with Gasteiger partial charge in [-0.3, -0.25) is 4.79 Å². The van der Waals surface area contributed by atoms with E-state index in [1.165, 1.54) is 0 Å². The molecule has 0 saturated carbocycles. The van der Waals surface area contributed by atoms with Crippen LogP contribution in [0.5, 0.6) is 5.75 Å². The molecule has 4 rings (SSSR count). The van der Waals surface area contributed by atoms with Gasteiger partial charge < -0.3 is 10.1 Å². The zero-order chi connectivity index (χ0) is 21.1. The van der Waals surface area contributed by atoms with Gasteiger partial charge in [0, 0.05) is 10.0 Å². The van der Waals surface area contributed by atoms with Gasteiger partial charge in [0.25, 0.3) is 5.91 Å². The van der Waals surface area contributed by atoms with Crippen LogP contribution in [0, 0.1) is 6.92 Å². The van der Waals surface area contributed by atoms with E-state index in [1.54, 1.807) is 23.9 Å². The van der Waals surface area contributed by atoms with Crippen molar-refractivity contribution in [3.63, 3.8) is 0 Å². The lowest BCUT2D eigenvalue weighted by atomic mass is 10.2. The van der Waals surface area contributed by atoms with Gasteiger partial charge in [0.2, 0.25) is 5.82 Å². The van der Waals surface area contributed by atoms with Crippen molar-refractivity contribution in [2.24, 2.45) is 0 Å². The molecule has 30 heavy (non-hydrogen) atoms. The number of carbonyl (C=O) groups is 1. The first-order valence-electron chi connectivity index (χ1n) is 9.29. The highest BCUT2D eigenvalue weighted by Gasteiger charge is 2.20. The van der Waals surface area contributed by atoms with Crippen LogP contribution in [0.15, 0.2) is 77.3 Å². The van der Waals surface area contributed by atoms with Gasteiger partial charge in [-0.15, -0.1) is 5.10 Å². The second kappa shape index (κ2) is 8.51. The van der Waals surface area contributed by atoms with Crippen LogP contribution in [-0.2, 0) is 0 Å². The number of carbonyl (C=O) groups excluding carboxylic acids is 1. The summed E-state index contributed by atoms with van der Waals surface area (Å²) in [5.74, 6) is 0.802. The molecule has 1 heterocycles. The Morgan fingerprint density at radius 2 is 1.70 bits per heavy atom. The van der Waals surface area contributed by atoms with Crippen molar-refractivity contribution in [1.82, 2.24) is 14.8 Å². The lowest BCUT2D eigenvalue weighted by molar-refractivity contribution is 0.101. The lowest BCUT2D eigenvalue weighted by Crippen LogP contribution is -2.15. The fourth-order valence-corrected chi connectivity index (χ4v) is 3.25. The molecule has 0 aliphatic heterocycles. The van der Waals surface area contributed by atoms with Crippen LogP contribution in [0.4, 0.5) is 5.69 Å². The first-order chi connectivity index (χ1) is 14.5. The number of anilines is 1. The summed E-state index contributed by atoms with van der Waals surface area (Å²) in [7, 11) is 1.56. The Kier molecular flexibility index (Phi) is 5.63. The highest BCUT2D eigenvalue weighted by Crippen LogP contribution is 2.26. The maximum Gasteiger partial charge on any atom is 0.295 e. The standard InChI is InChI=1S/C23H19BrN4O2/c1-15-7-13-18(14-8-15)28-22(16-9-11-17(24)12-10-16)26-21(27-28)23(29)25-19-5-3-4-6-20(19)30-2/h3-14H,1-2H3,(H,25,29). The Bertz CT molecular complexity index is 1120. The van der Waals surface area contributed by atoms with E-state index in [2.05, 4.69) is 31.3 Å². The summed E-state index contributed by atoms with van der Waals surface area (Å²) in [4.78, 5) is 17.5. The average Bonchev–Trinajstić information content (AvgIpc) is 3.21. The molecule has 0 spiro atoms. The third-order valence-corrected chi connectivity index (χ3v) is 5.08. The van der Waals surface area contributed by atoms with E-state index in [4.69, 9.17) is 4.74 Å². The number of aromatic nitrogens is 3. The van der Waals surface area contributed by atoms with Gasteiger partial charge in [0.1, 0.15) is 5.75 Å². The van der Waals surface area contributed by atoms with E-state index in [9.17, 15) is 4.79 Å². The predicted molar refractivity (Wildman–Crippen MR) is 120 cm³/mol. The van der Waals surface area contributed by atoms with Gasteiger partial charge in [-0.2, -0.15) is 0 Å². The van der Waals surface area contributed by atoms with Crippen molar-refractivity contribution < 1.29 is 9.53 Å². The molecule has 0 bridgehead atoms. The van der Waals surface area contributed by atoms with Gasteiger partial charge >= 0.3 is 0 Å². The molecule has 0 saturated heterocycles. The summed E-state index contributed by atoms with van der Waals surface area (Å²) >= 11 is 3.45. The number of amides is 1. The Balaban J connectivity index is 1.75. The van der Waals surface area contributed by atoms with Crippen molar-refractivity contribution in [2.75, 3.05) is 12.4 Å². The van der Waals surface area contributed by atoms with Gasteiger partial charge in [0.15, 0.2) is 5.82 Å². The Morgan fingerprint density at radius 1 is 1.00 bits per heavy atom. The van der Waals surface area contributed by atoms with Crippen LogP contribution >= 0.6 is 15.9 Å². The van der Waals surface area contributed by atoms with E-state index in [0.29, 0.717) is 17.3 Å². The number of methoxy groups -OCH3 is 1. The first kappa shape index (κ1) is 19.8. The molecule has 6 nitrogen and oxygen atoms in total. The molecule has 0 fully saturated rings. The molecular formula is C23H19BrN4O2. The second-order valence-corrected chi connectivity index (χ2v) is 7.58. The zero-order valence-electron chi connectivity index (χ0n) is 16.5. The molecule has 0 aliphatic rings. The minimum Gasteiger partial charge on any atom is -0.495 e. The first-order valence-corrected chi connectivity index (χ1v) is 10.1. The molecule has 0 radical (unpaired) electrons. The van der Waals surface area contributed by atoms with Gasteiger partial charge in [-0.1, -0.05) is 57.9 Å². The summed E-state index contributed by atoms with van der Waals surface area (Å²) in [5.41, 5.74) is 3.37. The quantitative estimate of drug-likeness (QED) is 0.438. The number of benzene rings is 3. The maximum atomic E-state index is 12.9. The number of nitrogens with one attached hydrogen (secondary N) is 1. The minimum atomic E-state index is -0.413. The van der Waals surface area contributed by atoms with Crippen molar-refractivity contribution >= 4 is 27.5 Å². The molecule has 1 aromatic heterocycles. The smallest absolute Gasteiger partial charge is 0.295 e. The molecule has 7 heteroatoms. The molecule has 4 aromatic rings. The molecule has 150 valence electrons. The normalized spacial score (nSPS) is 10.6. The highest BCUT2D eigenvalue weighted by molar-refractivity contribution is 9.10. The monoisotopic (exact) mass is 462 g/mol. The van der Waals surface area contributed by atoms with Crippen LogP contribution in [-0.4, -0.2) is 27.8 Å². The molecule has 0 atom stereocenters. The van der Waals surface area contributed by atoms with Gasteiger partial charge in [-0.05, 0) is 43.3 Å². The maximum absolute atomic E-state index is 12.9. The van der Waals surface area contributed by atoms with Crippen LogP contribution in [0.25, 0.3) is 17.1 Å². The van der Waals surface area contributed by atoms with E-state index in [0.717, 1.165) is 21.3 Å². The topological polar surface area (TPSA) is 69.0 Å². The van der Waals surface area contributed by atoms with Crippen molar-refractivity contribution in [2.45, 2.75) is 6.92 Å². The van der Waals surface area contributed by atoms with Crippen LogP contribution in [0.2, 0.25) is 0 Å². The average molecular weight is 463 g/mol. The number of hydrogen-bond acceptors (Lipinski definition) is 4. The number of aryl methyl sites for hydroxylation is 1. The van der Waals surface area contributed by atoms with Gasteiger partial charge in [-0.25, -0.2) is 9.67 Å². The number of halogens is 1. The van der Waals surface area contributed by atoms with E-state index >= 15 is 0 Å². The molecule has 1 amide bonds. The van der Waals surface area contributed by atoms with E-state index < -0.39 is 5.91 Å². The summed E-state index contributed by atoms with van der Waals surface area (Å²) in [6, 6.07) is 22.8. The summed E-state index contributed by atoms with van der Waals surface area (Å²) in [5, 5.41) is 7.33. The fraction of sp³-hybridized carbons (Fsp3) is 0.0870. The summed E-state index contributed by atoms with van der Waals surface area (Å²) < 4.78 is 7.95. The van der Waals surface area contributed by atoms with Crippen molar-refractivity contribution in [3.05, 3.63) is 88.7 Å². The van der Waals surface area contributed by atoms with Gasteiger partial charge in [0.05, 0.1) is 18.5 Å². The second-order valence-electron chi connectivity index (χ2n) is 6.67.